The van der Waals surface area contributed by atoms with Crippen LogP contribution < -0.4 is 0 Å². The molecule has 0 saturated carbocycles. The molecule has 0 radical (unpaired) electrons. The van der Waals surface area contributed by atoms with Gasteiger partial charge < -0.3 is 0 Å². The molecule has 0 aromatic rings. The second kappa shape index (κ2) is 8.13. The predicted molar refractivity (Wildman–Crippen MR) is 90.9 cm³/mol. The minimum Gasteiger partial charge on any atom is -0.293 e. The Bertz CT molecular complexity index is 645. The summed E-state index contributed by atoms with van der Waals surface area (Å²) >= 11 is 0. The Labute approximate surface area is 137 Å². The third-order valence-corrected chi connectivity index (χ3v) is 3.03. The van der Waals surface area contributed by atoms with Gasteiger partial charge in [0.15, 0.2) is 23.1 Å². The highest BCUT2D eigenvalue weighted by Crippen LogP contribution is 2.24. The first-order valence-corrected chi connectivity index (χ1v) is 6.92. The number of allylic oxidation sites excluding steroid dienone is 6. The average molecular weight is 314 g/mol. The fourth-order valence-corrected chi connectivity index (χ4v) is 1.69. The third kappa shape index (κ3) is 5.25. The van der Waals surface area contributed by atoms with Crippen molar-refractivity contribution in [1.29, 1.82) is 0 Å². The van der Waals surface area contributed by atoms with Crippen LogP contribution in [0.25, 0.3) is 0 Å². The largest absolute Gasteiger partial charge is 0.293 e. The molecule has 0 heterocycles. The fourth-order valence-electron chi connectivity index (χ4n) is 1.69. The van der Waals surface area contributed by atoms with Gasteiger partial charge >= 0.3 is 0 Å². The van der Waals surface area contributed by atoms with Crippen LogP contribution in [0, 0.1) is 5.92 Å². The molecular formula is C19H22O4. The van der Waals surface area contributed by atoms with E-state index >= 15 is 0 Å². The minimum atomic E-state index is -1.45. The summed E-state index contributed by atoms with van der Waals surface area (Å²) in [6.07, 6.45) is 0.978. The molecule has 0 atom stereocenters. The minimum absolute atomic E-state index is 0.104. The van der Waals surface area contributed by atoms with Crippen LogP contribution in [0.5, 0.6) is 0 Å². The van der Waals surface area contributed by atoms with Gasteiger partial charge in [0.2, 0.25) is 0 Å². The number of carbonyl (C=O) groups excluding carboxylic acids is 4. The molecule has 122 valence electrons. The Balaban J connectivity index is 6.44. The summed E-state index contributed by atoms with van der Waals surface area (Å²) in [7, 11) is 0. The lowest BCUT2D eigenvalue weighted by molar-refractivity contribution is -0.128. The summed E-state index contributed by atoms with van der Waals surface area (Å²) in [5.74, 6) is -3.88. The second-order valence-corrected chi connectivity index (χ2v) is 5.58. The summed E-state index contributed by atoms with van der Waals surface area (Å²) in [5.41, 5.74) is 0.271. The first kappa shape index (κ1) is 20.4. The van der Waals surface area contributed by atoms with Crippen molar-refractivity contribution in [2.24, 2.45) is 5.92 Å². The molecule has 0 aliphatic carbocycles. The van der Waals surface area contributed by atoms with Gasteiger partial charge in [-0.15, -0.1) is 0 Å². The van der Waals surface area contributed by atoms with Gasteiger partial charge in [-0.3, -0.25) is 19.2 Å². The lowest BCUT2D eigenvalue weighted by Gasteiger charge is -2.18. The van der Waals surface area contributed by atoms with E-state index in [0.717, 1.165) is 6.08 Å². The average Bonchev–Trinajstić information content (AvgIpc) is 2.44. The van der Waals surface area contributed by atoms with Crippen LogP contribution >= 0.6 is 0 Å². The van der Waals surface area contributed by atoms with Crippen LogP contribution in [0.2, 0.25) is 0 Å². The fraction of sp³-hybridized carbons (Fsp3) is 0.263. The highest BCUT2D eigenvalue weighted by atomic mass is 16.2. The molecule has 0 aromatic carbocycles. The Hall–Kier alpha value is -2.62. The molecule has 0 spiro atoms. The molecule has 0 bridgehead atoms. The summed E-state index contributed by atoms with van der Waals surface area (Å²) < 4.78 is 0. The Morgan fingerprint density at radius 1 is 0.696 bits per heavy atom. The molecule has 0 saturated heterocycles. The smallest absolute Gasteiger partial charge is 0.185 e. The van der Waals surface area contributed by atoms with E-state index in [0.29, 0.717) is 0 Å². The molecule has 0 amide bonds. The van der Waals surface area contributed by atoms with Gasteiger partial charge in [-0.2, -0.15) is 0 Å². The maximum atomic E-state index is 12.4. The van der Waals surface area contributed by atoms with Crippen molar-refractivity contribution < 1.29 is 19.2 Å². The quantitative estimate of drug-likeness (QED) is 0.484. The van der Waals surface area contributed by atoms with Gasteiger partial charge in [0, 0.05) is 5.57 Å². The summed E-state index contributed by atoms with van der Waals surface area (Å²) in [4.78, 5) is 49.1. The summed E-state index contributed by atoms with van der Waals surface area (Å²) in [6, 6.07) is 0. The zero-order chi connectivity index (χ0) is 18.5. The number of Topliss-reactive ketones (excluding diaryl/α,β-unsaturated/α-hetero) is 3. The molecule has 4 heteroatoms. The van der Waals surface area contributed by atoms with E-state index in [1.807, 2.05) is 0 Å². The highest BCUT2D eigenvalue weighted by molar-refractivity contribution is 6.25. The predicted octanol–water partition coefficient (Wildman–Crippen LogP) is 3.11. The van der Waals surface area contributed by atoms with Crippen LogP contribution in [0.3, 0.4) is 0 Å². The van der Waals surface area contributed by atoms with E-state index < -0.39 is 29.1 Å². The lowest BCUT2D eigenvalue weighted by Crippen LogP contribution is -2.31. The first-order chi connectivity index (χ1) is 10.4. The molecule has 4 nitrogen and oxygen atoms in total. The zero-order valence-corrected chi connectivity index (χ0v) is 14.1. The van der Waals surface area contributed by atoms with Crippen LogP contribution in [0.15, 0.2) is 60.3 Å². The van der Waals surface area contributed by atoms with E-state index in [4.69, 9.17) is 0 Å². The second-order valence-electron chi connectivity index (χ2n) is 5.58. The topological polar surface area (TPSA) is 68.3 Å². The molecule has 0 N–H and O–H groups in total. The molecule has 0 unspecified atom stereocenters. The molecule has 0 fully saturated rings. The first-order valence-electron chi connectivity index (χ1n) is 6.92. The van der Waals surface area contributed by atoms with Crippen molar-refractivity contribution in [2.45, 2.75) is 27.7 Å². The van der Waals surface area contributed by atoms with Gasteiger partial charge in [-0.25, -0.2) is 0 Å². The van der Waals surface area contributed by atoms with Gasteiger partial charge in [-0.05, 0) is 56.1 Å². The van der Waals surface area contributed by atoms with Crippen molar-refractivity contribution in [3.8, 4) is 0 Å². The Morgan fingerprint density at radius 2 is 1.09 bits per heavy atom. The van der Waals surface area contributed by atoms with E-state index in [1.54, 1.807) is 0 Å². The van der Waals surface area contributed by atoms with Crippen molar-refractivity contribution in [3.05, 3.63) is 60.3 Å². The SMILES string of the molecule is C=C(C)C(=O)C=C(C(=O)C(=C)C)C(C(=O)C(=C)C)C(=O)C(=C)C. The van der Waals surface area contributed by atoms with Crippen molar-refractivity contribution in [3.63, 3.8) is 0 Å². The van der Waals surface area contributed by atoms with Crippen LogP contribution in [0.1, 0.15) is 27.7 Å². The van der Waals surface area contributed by atoms with Crippen LogP contribution in [-0.2, 0) is 19.2 Å². The zero-order valence-electron chi connectivity index (χ0n) is 14.1. The number of ketones is 4. The molecule has 0 aromatic heterocycles. The number of hydrogen-bond donors (Lipinski definition) is 0. The monoisotopic (exact) mass is 314 g/mol. The van der Waals surface area contributed by atoms with E-state index in [1.165, 1.54) is 27.7 Å². The number of carbonyl (C=O) groups is 4. The third-order valence-electron chi connectivity index (χ3n) is 3.03. The Morgan fingerprint density at radius 3 is 1.35 bits per heavy atom. The standard InChI is InChI=1S/C19H22O4/c1-10(2)15(20)9-14(17(21)11(3)4)16(18(22)12(5)6)19(23)13(7)8/h9,16H,1,3,5,7H2,2,4,6,8H3. The Kier molecular flexibility index (Phi) is 7.20. The van der Waals surface area contributed by atoms with Gasteiger partial charge in [0.1, 0.15) is 5.92 Å². The van der Waals surface area contributed by atoms with Crippen LogP contribution in [0.4, 0.5) is 0 Å². The van der Waals surface area contributed by atoms with Crippen molar-refractivity contribution in [1.82, 2.24) is 0 Å². The van der Waals surface area contributed by atoms with Gasteiger partial charge in [-0.1, -0.05) is 26.3 Å². The molecule has 0 aliphatic heterocycles. The molecular weight excluding hydrogens is 292 g/mol. The molecule has 0 aliphatic rings. The number of rotatable bonds is 9. The van der Waals surface area contributed by atoms with Gasteiger partial charge in [0.25, 0.3) is 0 Å². The number of hydrogen-bond acceptors (Lipinski definition) is 4. The molecule has 0 rings (SSSR count). The lowest BCUT2D eigenvalue weighted by atomic mass is 9.81. The normalized spacial score (nSPS) is 10.9. The van der Waals surface area contributed by atoms with E-state index in [2.05, 4.69) is 26.3 Å². The van der Waals surface area contributed by atoms with E-state index in [9.17, 15) is 19.2 Å². The highest BCUT2D eigenvalue weighted by Gasteiger charge is 2.35. The maximum absolute atomic E-state index is 12.4. The van der Waals surface area contributed by atoms with Gasteiger partial charge in [0.05, 0.1) is 0 Å². The summed E-state index contributed by atoms with van der Waals surface area (Å²) in [5, 5.41) is 0. The maximum Gasteiger partial charge on any atom is 0.185 e. The van der Waals surface area contributed by atoms with Crippen molar-refractivity contribution in [2.75, 3.05) is 0 Å². The van der Waals surface area contributed by atoms with Crippen molar-refractivity contribution >= 4 is 23.1 Å². The molecule has 23 heavy (non-hydrogen) atoms. The van der Waals surface area contributed by atoms with Crippen LogP contribution in [-0.4, -0.2) is 23.1 Å². The van der Waals surface area contributed by atoms with E-state index in [-0.39, 0.29) is 27.9 Å². The summed E-state index contributed by atoms with van der Waals surface area (Å²) in [6.45, 7) is 19.9.